The van der Waals surface area contributed by atoms with E-state index in [0.717, 1.165) is 0 Å². The minimum Gasteiger partial charge on any atom is -0.383 e. The van der Waals surface area contributed by atoms with E-state index in [0.29, 0.717) is 12.6 Å². The van der Waals surface area contributed by atoms with E-state index in [9.17, 15) is 0 Å². The Bertz CT molecular complexity index is 332. The summed E-state index contributed by atoms with van der Waals surface area (Å²) in [6.07, 6.45) is 0.285. The van der Waals surface area contributed by atoms with E-state index in [1.165, 1.54) is 16.8 Å². The summed E-state index contributed by atoms with van der Waals surface area (Å²) in [6, 6.07) is 6.91. The lowest BCUT2D eigenvalue weighted by Crippen LogP contribution is -2.10. The summed E-state index contributed by atoms with van der Waals surface area (Å²) < 4.78 is 5.61. The van der Waals surface area contributed by atoms with Crippen LogP contribution >= 0.6 is 0 Å². The number of benzene rings is 1. The summed E-state index contributed by atoms with van der Waals surface area (Å²) >= 11 is 0. The maximum atomic E-state index is 5.61. The summed E-state index contributed by atoms with van der Waals surface area (Å²) in [6.45, 7) is 11.2. The first kappa shape index (κ1) is 13.0. The Kier molecular flexibility index (Phi) is 4.81. The van der Waals surface area contributed by atoms with E-state index in [1.807, 2.05) is 0 Å². The Balaban J connectivity index is 2.67. The third kappa shape index (κ3) is 4.23. The second-order valence-electron chi connectivity index (χ2n) is 4.80. The van der Waals surface area contributed by atoms with Crippen LogP contribution in [-0.2, 0) is 11.3 Å². The number of hydrogen-bond donors (Lipinski definition) is 1. The fraction of sp³-hybridized carbons (Fsp3) is 0.571. The zero-order chi connectivity index (χ0) is 12.1. The monoisotopic (exact) mass is 221 g/mol. The van der Waals surface area contributed by atoms with Gasteiger partial charge in [-0.05, 0) is 57.9 Å². The molecule has 0 saturated carbocycles. The summed E-state index contributed by atoms with van der Waals surface area (Å²) in [5, 5.41) is 3.40. The van der Waals surface area contributed by atoms with Crippen molar-refractivity contribution in [3.05, 3.63) is 29.3 Å². The molecule has 0 aliphatic carbocycles. The molecule has 1 aromatic carbocycles. The highest BCUT2D eigenvalue weighted by Crippen LogP contribution is 2.17. The van der Waals surface area contributed by atoms with Crippen LogP contribution in [-0.4, -0.2) is 12.1 Å². The van der Waals surface area contributed by atoms with Crippen molar-refractivity contribution in [2.24, 2.45) is 0 Å². The summed E-state index contributed by atoms with van der Waals surface area (Å²) in [7, 11) is 0. The van der Waals surface area contributed by atoms with E-state index >= 15 is 0 Å². The Morgan fingerprint density at radius 3 is 2.38 bits per heavy atom. The van der Waals surface area contributed by atoms with E-state index < -0.39 is 0 Å². The molecule has 0 spiro atoms. The van der Waals surface area contributed by atoms with Crippen molar-refractivity contribution in [1.82, 2.24) is 0 Å². The zero-order valence-corrected chi connectivity index (χ0v) is 11.0. The molecule has 1 aromatic rings. The number of rotatable bonds is 5. The van der Waals surface area contributed by atoms with Crippen LogP contribution in [0.4, 0.5) is 5.69 Å². The minimum atomic E-state index is 0.285. The molecule has 0 heterocycles. The van der Waals surface area contributed by atoms with Crippen molar-refractivity contribution in [2.75, 3.05) is 5.32 Å². The van der Waals surface area contributed by atoms with Crippen LogP contribution in [0.1, 0.15) is 38.8 Å². The first-order valence-corrected chi connectivity index (χ1v) is 5.96. The molecule has 0 amide bonds. The highest BCUT2D eigenvalue weighted by molar-refractivity contribution is 5.48. The van der Waals surface area contributed by atoms with Gasteiger partial charge in [0.05, 0.1) is 12.7 Å². The largest absolute Gasteiger partial charge is 0.383 e. The van der Waals surface area contributed by atoms with E-state index in [2.05, 4.69) is 58.1 Å². The molecule has 0 aliphatic heterocycles. The van der Waals surface area contributed by atoms with Gasteiger partial charge in [0.25, 0.3) is 0 Å². The smallest absolute Gasteiger partial charge is 0.0722 e. The molecular weight excluding hydrogens is 198 g/mol. The Morgan fingerprint density at radius 2 is 1.88 bits per heavy atom. The maximum absolute atomic E-state index is 5.61. The minimum absolute atomic E-state index is 0.285. The fourth-order valence-corrected chi connectivity index (χ4v) is 1.54. The van der Waals surface area contributed by atoms with Crippen molar-refractivity contribution < 1.29 is 4.74 Å². The number of hydrogen-bond acceptors (Lipinski definition) is 2. The fourth-order valence-electron chi connectivity index (χ4n) is 1.54. The van der Waals surface area contributed by atoms with Crippen molar-refractivity contribution in [3.63, 3.8) is 0 Å². The molecule has 0 aromatic heterocycles. The van der Waals surface area contributed by atoms with Gasteiger partial charge in [0, 0.05) is 11.7 Å². The first-order chi connectivity index (χ1) is 7.49. The SMILES string of the molecule is Cc1cc(NC(C)C)ccc1COC(C)C. The van der Waals surface area contributed by atoms with Gasteiger partial charge in [-0.3, -0.25) is 0 Å². The molecule has 0 fully saturated rings. The lowest BCUT2D eigenvalue weighted by atomic mass is 10.1. The number of anilines is 1. The Hall–Kier alpha value is -1.02. The number of ether oxygens (including phenoxy) is 1. The van der Waals surface area contributed by atoms with Crippen molar-refractivity contribution in [3.8, 4) is 0 Å². The number of nitrogens with one attached hydrogen (secondary N) is 1. The van der Waals surface area contributed by atoms with E-state index in [-0.39, 0.29) is 6.10 Å². The van der Waals surface area contributed by atoms with Gasteiger partial charge in [-0.2, -0.15) is 0 Å². The maximum Gasteiger partial charge on any atom is 0.0722 e. The van der Waals surface area contributed by atoms with Crippen LogP contribution in [0.2, 0.25) is 0 Å². The third-order valence-corrected chi connectivity index (χ3v) is 2.37. The molecule has 90 valence electrons. The average molecular weight is 221 g/mol. The third-order valence-electron chi connectivity index (χ3n) is 2.37. The summed E-state index contributed by atoms with van der Waals surface area (Å²) in [5.41, 5.74) is 3.73. The molecule has 2 nitrogen and oxygen atoms in total. The molecule has 0 radical (unpaired) electrons. The standard InChI is InChI=1S/C14H23NO/c1-10(2)15-14-7-6-13(12(5)8-14)9-16-11(3)4/h6-8,10-11,15H,9H2,1-5H3. The predicted octanol–water partition coefficient (Wildman–Crippen LogP) is 3.74. The van der Waals surface area contributed by atoms with Crippen molar-refractivity contribution >= 4 is 5.69 Å². The van der Waals surface area contributed by atoms with Crippen LogP contribution in [0.25, 0.3) is 0 Å². The molecule has 1 rings (SSSR count). The highest BCUT2D eigenvalue weighted by atomic mass is 16.5. The molecule has 0 atom stereocenters. The van der Waals surface area contributed by atoms with Crippen LogP contribution in [0.15, 0.2) is 18.2 Å². The van der Waals surface area contributed by atoms with Gasteiger partial charge in [-0.1, -0.05) is 6.07 Å². The molecule has 1 N–H and O–H groups in total. The van der Waals surface area contributed by atoms with Gasteiger partial charge in [-0.25, -0.2) is 0 Å². The van der Waals surface area contributed by atoms with Crippen molar-refractivity contribution in [2.45, 2.75) is 53.4 Å². The van der Waals surface area contributed by atoms with Crippen molar-refractivity contribution in [1.29, 1.82) is 0 Å². The quantitative estimate of drug-likeness (QED) is 0.817. The zero-order valence-electron chi connectivity index (χ0n) is 11.0. The molecule has 0 bridgehead atoms. The second-order valence-corrected chi connectivity index (χ2v) is 4.80. The van der Waals surface area contributed by atoms with Gasteiger partial charge in [0.15, 0.2) is 0 Å². The summed E-state index contributed by atoms with van der Waals surface area (Å²) in [4.78, 5) is 0. The lowest BCUT2D eigenvalue weighted by molar-refractivity contribution is 0.0654. The topological polar surface area (TPSA) is 21.3 Å². The highest BCUT2D eigenvalue weighted by Gasteiger charge is 2.02. The molecule has 0 aliphatic rings. The molecule has 2 heteroatoms. The average Bonchev–Trinajstić information content (AvgIpc) is 2.15. The predicted molar refractivity (Wildman–Crippen MR) is 69.9 cm³/mol. The molecular formula is C14H23NO. The van der Waals surface area contributed by atoms with E-state index in [1.54, 1.807) is 0 Å². The van der Waals surface area contributed by atoms with Gasteiger partial charge in [0.1, 0.15) is 0 Å². The first-order valence-electron chi connectivity index (χ1n) is 5.96. The van der Waals surface area contributed by atoms with Crippen LogP contribution in [0, 0.1) is 6.92 Å². The van der Waals surface area contributed by atoms with E-state index in [4.69, 9.17) is 4.74 Å². The van der Waals surface area contributed by atoms with Crippen LogP contribution in [0.5, 0.6) is 0 Å². The molecule has 16 heavy (non-hydrogen) atoms. The van der Waals surface area contributed by atoms with Gasteiger partial charge in [0.2, 0.25) is 0 Å². The van der Waals surface area contributed by atoms with Gasteiger partial charge >= 0.3 is 0 Å². The van der Waals surface area contributed by atoms with Gasteiger partial charge < -0.3 is 10.1 Å². The van der Waals surface area contributed by atoms with Gasteiger partial charge in [-0.15, -0.1) is 0 Å². The van der Waals surface area contributed by atoms with Crippen LogP contribution < -0.4 is 5.32 Å². The molecule has 0 unspecified atom stereocenters. The normalized spacial score (nSPS) is 11.2. The number of aryl methyl sites for hydroxylation is 1. The molecule has 0 saturated heterocycles. The summed E-state index contributed by atoms with van der Waals surface area (Å²) in [5.74, 6) is 0. The lowest BCUT2D eigenvalue weighted by Gasteiger charge is -2.14. The Labute approximate surface area is 99.0 Å². The second kappa shape index (κ2) is 5.90. The van der Waals surface area contributed by atoms with Crippen LogP contribution in [0.3, 0.4) is 0 Å². The Morgan fingerprint density at radius 1 is 1.19 bits per heavy atom.